The van der Waals surface area contributed by atoms with Gasteiger partial charge in [0.2, 0.25) is 5.96 Å². The van der Waals surface area contributed by atoms with Crippen LogP contribution in [-0.2, 0) is 0 Å². The summed E-state index contributed by atoms with van der Waals surface area (Å²) in [6, 6.07) is 8.85. The molecular weight excluding hydrogens is 356 g/mol. The number of aliphatic imine (C=N–C) groups is 1. The minimum atomic E-state index is -0.565. The molecule has 2 atom stereocenters. The summed E-state index contributed by atoms with van der Waals surface area (Å²) >= 11 is 0. The maximum Gasteiger partial charge on any atom is 0.211 e. The van der Waals surface area contributed by atoms with E-state index in [0.717, 1.165) is 17.7 Å². The van der Waals surface area contributed by atoms with Gasteiger partial charge in [0.05, 0.1) is 11.8 Å². The van der Waals surface area contributed by atoms with E-state index >= 15 is 0 Å². The summed E-state index contributed by atoms with van der Waals surface area (Å²) < 4.78 is 5.81. The van der Waals surface area contributed by atoms with Crippen LogP contribution < -0.4 is 26.8 Å². The van der Waals surface area contributed by atoms with Crippen molar-refractivity contribution in [3.05, 3.63) is 41.0 Å². The lowest BCUT2D eigenvalue weighted by Crippen LogP contribution is -2.32. The maximum absolute atomic E-state index is 9.36. The molecule has 0 saturated carbocycles. The van der Waals surface area contributed by atoms with Crippen LogP contribution in [0.5, 0.6) is 5.75 Å². The van der Waals surface area contributed by atoms with Gasteiger partial charge >= 0.3 is 0 Å². The Morgan fingerprint density at radius 2 is 2.00 bits per heavy atom. The van der Waals surface area contributed by atoms with Gasteiger partial charge in [0.1, 0.15) is 35.1 Å². The normalized spacial score (nSPS) is 15.9. The fourth-order valence-electron chi connectivity index (χ4n) is 2.87. The molecule has 2 unspecified atom stereocenters. The summed E-state index contributed by atoms with van der Waals surface area (Å²) in [5.74, 6) is 1.33. The lowest BCUT2D eigenvalue weighted by molar-refractivity contribution is 0.217. The van der Waals surface area contributed by atoms with Crippen LogP contribution in [0.3, 0.4) is 0 Å². The van der Waals surface area contributed by atoms with Crippen LogP contribution in [0.1, 0.15) is 43.0 Å². The van der Waals surface area contributed by atoms with Crippen molar-refractivity contribution in [1.82, 2.24) is 10.3 Å². The molecule has 9 nitrogen and oxygen atoms in total. The number of guanidine groups is 1. The standard InChI is InChI=1S/C19H20N8O/c1-3-10(2)28-12-6-4-11(5-7-12)16-14-15(22)13(8-20)17(23)26-18(14)27-19(25-16)24-9-21/h4-7,10,16H,3H2,1-2H3,(H6,22,23,24,25,26,27). The lowest BCUT2D eigenvalue weighted by Gasteiger charge is -2.26. The second-order valence-corrected chi connectivity index (χ2v) is 6.31. The molecule has 1 aromatic carbocycles. The number of nitrogens with two attached hydrogens (primary N) is 2. The van der Waals surface area contributed by atoms with E-state index in [-0.39, 0.29) is 29.1 Å². The number of hydrogen-bond acceptors (Lipinski definition) is 9. The molecule has 1 aliphatic heterocycles. The minimum Gasteiger partial charge on any atom is -0.491 e. The Bertz CT molecular complexity index is 1000. The first kappa shape index (κ1) is 18.8. The molecule has 142 valence electrons. The Hall–Kier alpha value is -3.98. The number of aromatic nitrogens is 1. The van der Waals surface area contributed by atoms with Gasteiger partial charge in [-0.15, -0.1) is 0 Å². The number of pyridine rings is 1. The molecule has 6 N–H and O–H groups in total. The van der Waals surface area contributed by atoms with Gasteiger partial charge in [-0.1, -0.05) is 19.1 Å². The molecule has 0 radical (unpaired) electrons. The molecule has 0 fully saturated rings. The molecule has 0 aliphatic carbocycles. The highest BCUT2D eigenvalue weighted by molar-refractivity contribution is 5.98. The highest BCUT2D eigenvalue weighted by Gasteiger charge is 2.29. The third kappa shape index (κ3) is 3.46. The highest BCUT2D eigenvalue weighted by atomic mass is 16.5. The molecular formula is C19H20N8O. The van der Waals surface area contributed by atoms with Crippen LogP contribution in [0.25, 0.3) is 0 Å². The average molecular weight is 376 g/mol. The molecule has 0 amide bonds. The summed E-state index contributed by atoms with van der Waals surface area (Å²) in [6.07, 6.45) is 2.83. The number of nitrogens with one attached hydrogen (secondary N) is 2. The van der Waals surface area contributed by atoms with Gasteiger partial charge in [-0.2, -0.15) is 10.5 Å². The van der Waals surface area contributed by atoms with Crippen LogP contribution in [-0.4, -0.2) is 17.0 Å². The second kappa shape index (κ2) is 7.72. The molecule has 9 heteroatoms. The van der Waals surface area contributed by atoms with Crippen molar-refractivity contribution in [1.29, 1.82) is 10.5 Å². The first-order valence-corrected chi connectivity index (χ1v) is 8.73. The first-order chi connectivity index (χ1) is 13.5. The van der Waals surface area contributed by atoms with E-state index in [1.807, 2.05) is 43.5 Å². The van der Waals surface area contributed by atoms with E-state index in [4.69, 9.17) is 21.5 Å². The number of ether oxygens (including phenoxy) is 1. The fourth-order valence-corrected chi connectivity index (χ4v) is 2.87. The third-order valence-corrected chi connectivity index (χ3v) is 4.47. The molecule has 0 saturated heterocycles. The number of nitriles is 2. The van der Waals surface area contributed by atoms with Crippen LogP contribution in [0.2, 0.25) is 0 Å². The zero-order chi connectivity index (χ0) is 20.3. The summed E-state index contributed by atoms with van der Waals surface area (Å²) in [5, 5.41) is 23.7. The largest absolute Gasteiger partial charge is 0.491 e. The summed E-state index contributed by atoms with van der Waals surface area (Å²) in [6.45, 7) is 4.05. The number of hydrogen-bond donors (Lipinski definition) is 4. The Balaban J connectivity index is 2.07. The highest BCUT2D eigenvalue weighted by Crippen LogP contribution is 2.40. The van der Waals surface area contributed by atoms with Crippen LogP contribution in [0, 0.1) is 22.8 Å². The zero-order valence-electron chi connectivity index (χ0n) is 15.5. The second-order valence-electron chi connectivity index (χ2n) is 6.31. The molecule has 3 rings (SSSR count). The SMILES string of the molecule is CCC(C)Oc1ccc(C2N=C(NC#N)Nc3nc(N)c(C#N)c(N)c32)cc1. The minimum absolute atomic E-state index is 0.0144. The Kier molecular flexibility index (Phi) is 5.18. The van der Waals surface area contributed by atoms with Gasteiger partial charge in [0, 0.05) is 5.56 Å². The van der Waals surface area contributed by atoms with Crippen LogP contribution in [0.15, 0.2) is 29.3 Å². The van der Waals surface area contributed by atoms with Gasteiger partial charge in [0.25, 0.3) is 0 Å². The topological polar surface area (TPSA) is 158 Å². The van der Waals surface area contributed by atoms with E-state index < -0.39 is 6.04 Å². The number of fused-ring (bicyclic) bond motifs is 1. The number of benzene rings is 1. The number of nitrogen functional groups attached to an aromatic ring is 2. The van der Waals surface area contributed by atoms with Gasteiger partial charge in [-0.3, -0.25) is 5.32 Å². The zero-order valence-corrected chi connectivity index (χ0v) is 15.5. The first-order valence-electron chi connectivity index (χ1n) is 8.73. The maximum atomic E-state index is 9.36. The van der Waals surface area contributed by atoms with Crippen molar-refractivity contribution in [3.63, 3.8) is 0 Å². The Morgan fingerprint density at radius 1 is 1.29 bits per heavy atom. The summed E-state index contributed by atoms with van der Waals surface area (Å²) in [7, 11) is 0. The van der Waals surface area contributed by atoms with Crippen molar-refractivity contribution in [2.45, 2.75) is 32.4 Å². The van der Waals surface area contributed by atoms with Crippen molar-refractivity contribution in [2.75, 3.05) is 16.8 Å². The van der Waals surface area contributed by atoms with Gasteiger partial charge in [-0.25, -0.2) is 9.98 Å². The lowest BCUT2D eigenvalue weighted by atomic mass is 9.95. The van der Waals surface area contributed by atoms with E-state index in [1.54, 1.807) is 0 Å². The van der Waals surface area contributed by atoms with E-state index in [2.05, 4.69) is 27.5 Å². The number of nitrogens with zero attached hydrogens (tertiary/aromatic N) is 4. The van der Waals surface area contributed by atoms with Gasteiger partial charge < -0.3 is 21.5 Å². The van der Waals surface area contributed by atoms with E-state index in [9.17, 15) is 5.26 Å². The van der Waals surface area contributed by atoms with Gasteiger partial charge in [-0.05, 0) is 31.0 Å². The monoisotopic (exact) mass is 376 g/mol. The van der Waals surface area contributed by atoms with E-state index in [0.29, 0.717) is 11.4 Å². The average Bonchev–Trinajstić information content (AvgIpc) is 2.68. The fraction of sp³-hybridized carbons (Fsp3) is 0.263. The molecule has 0 spiro atoms. The summed E-state index contributed by atoms with van der Waals surface area (Å²) in [5.41, 5.74) is 13.7. The molecule has 28 heavy (non-hydrogen) atoms. The predicted octanol–water partition coefficient (Wildman–Crippen LogP) is 2.24. The summed E-state index contributed by atoms with van der Waals surface area (Å²) in [4.78, 5) is 8.75. The quantitative estimate of drug-likeness (QED) is 0.467. The van der Waals surface area contributed by atoms with Crippen molar-refractivity contribution in [2.24, 2.45) is 4.99 Å². The number of anilines is 3. The molecule has 0 bridgehead atoms. The third-order valence-electron chi connectivity index (χ3n) is 4.47. The molecule has 1 aliphatic rings. The molecule has 1 aromatic heterocycles. The number of rotatable bonds is 4. The molecule has 2 heterocycles. The van der Waals surface area contributed by atoms with Crippen molar-refractivity contribution < 1.29 is 4.74 Å². The molecule has 2 aromatic rings. The van der Waals surface area contributed by atoms with Crippen molar-refractivity contribution in [3.8, 4) is 18.0 Å². The van der Waals surface area contributed by atoms with Crippen LogP contribution in [0.4, 0.5) is 17.3 Å². The smallest absolute Gasteiger partial charge is 0.211 e. The van der Waals surface area contributed by atoms with Crippen molar-refractivity contribution >= 4 is 23.3 Å². The predicted molar refractivity (Wildman–Crippen MR) is 106 cm³/mol. The Morgan fingerprint density at radius 3 is 2.61 bits per heavy atom. The van der Waals surface area contributed by atoms with E-state index in [1.165, 1.54) is 0 Å². The Labute approximate surface area is 162 Å². The van der Waals surface area contributed by atoms with Gasteiger partial charge in [0.15, 0.2) is 6.19 Å². The van der Waals surface area contributed by atoms with Crippen LogP contribution >= 0.6 is 0 Å².